The van der Waals surface area contributed by atoms with Crippen molar-refractivity contribution in [3.8, 4) is 11.5 Å². The van der Waals surface area contributed by atoms with Crippen LogP contribution in [-0.2, 0) is 0 Å². The first-order chi connectivity index (χ1) is 17.3. The number of halogens is 2. The first kappa shape index (κ1) is 28.1. The molecule has 0 saturated heterocycles. The second-order valence-corrected chi connectivity index (χ2v) is 9.85. The third kappa shape index (κ3) is 7.74. The van der Waals surface area contributed by atoms with Crippen LogP contribution in [0.4, 0.5) is 11.4 Å². The van der Waals surface area contributed by atoms with E-state index in [4.69, 9.17) is 32.7 Å². The SMILES string of the molecule is COc1ccc2c(Nc3c(Cl)cncc3Cl)cc(=O)[nH]c2c1OCCCCCCN(C)CCN(C)C. The summed E-state index contributed by atoms with van der Waals surface area (Å²) in [5.41, 5.74) is 1.29. The van der Waals surface area contributed by atoms with Crippen LogP contribution >= 0.6 is 23.2 Å². The Hall–Kier alpha value is -2.52. The van der Waals surface area contributed by atoms with Crippen molar-refractivity contribution in [3.63, 3.8) is 0 Å². The lowest BCUT2D eigenvalue weighted by Gasteiger charge is -2.19. The first-order valence-electron chi connectivity index (χ1n) is 12.1. The number of methoxy groups -OCH3 is 1. The molecule has 36 heavy (non-hydrogen) atoms. The quantitative estimate of drug-likeness (QED) is 0.267. The van der Waals surface area contributed by atoms with Gasteiger partial charge < -0.3 is 29.6 Å². The summed E-state index contributed by atoms with van der Waals surface area (Å²) in [5, 5.41) is 4.63. The summed E-state index contributed by atoms with van der Waals surface area (Å²) in [6.07, 6.45) is 7.25. The minimum absolute atomic E-state index is 0.289. The van der Waals surface area contributed by atoms with Crippen molar-refractivity contribution in [3.05, 3.63) is 51.0 Å². The Labute approximate surface area is 222 Å². The van der Waals surface area contributed by atoms with Crippen LogP contribution < -0.4 is 20.3 Å². The molecule has 0 aliphatic heterocycles. The lowest BCUT2D eigenvalue weighted by atomic mass is 10.1. The van der Waals surface area contributed by atoms with E-state index in [1.54, 1.807) is 7.11 Å². The third-order valence-corrected chi connectivity index (χ3v) is 6.45. The number of unbranched alkanes of at least 4 members (excludes halogenated alkanes) is 3. The standard InChI is InChI=1S/C26H35Cl2N5O3/c1-32(2)12-13-33(3)11-7-5-6-8-14-36-26-22(35-4)10-9-18-21(15-23(34)31-24(18)26)30-25-19(27)16-29-17-20(25)28/h9-10,15-17H,5-8,11-14H2,1-4H3,(H2,29,30,31,34). The number of rotatable bonds is 14. The lowest BCUT2D eigenvalue weighted by molar-refractivity contribution is 0.270. The predicted molar refractivity (Wildman–Crippen MR) is 149 cm³/mol. The van der Waals surface area contributed by atoms with Gasteiger partial charge in [-0.25, -0.2) is 0 Å². The first-order valence-corrected chi connectivity index (χ1v) is 12.8. The highest BCUT2D eigenvalue weighted by atomic mass is 35.5. The van der Waals surface area contributed by atoms with Crippen LogP contribution in [0.3, 0.4) is 0 Å². The molecule has 3 rings (SSSR count). The monoisotopic (exact) mass is 535 g/mol. The molecule has 196 valence electrons. The smallest absolute Gasteiger partial charge is 0.250 e. The molecule has 0 fully saturated rings. The van der Waals surface area contributed by atoms with Gasteiger partial charge in [0.25, 0.3) is 5.56 Å². The number of H-pyrrole nitrogens is 1. The Morgan fingerprint density at radius 2 is 1.72 bits per heavy atom. The molecule has 0 aliphatic rings. The molecule has 0 radical (unpaired) electrons. The van der Waals surface area contributed by atoms with E-state index in [2.05, 4.69) is 46.2 Å². The molecule has 2 heterocycles. The lowest BCUT2D eigenvalue weighted by Crippen LogP contribution is -2.29. The molecule has 10 heteroatoms. The van der Waals surface area contributed by atoms with Gasteiger partial charge in [-0.2, -0.15) is 0 Å². The van der Waals surface area contributed by atoms with Crippen molar-refractivity contribution in [1.82, 2.24) is 19.8 Å². The number of aromatic nitrogens is 2. The van der Waals surface area contributed by atoms with Gasteiger partial charge in [-0.05, 0) is 52.7 Å². The zero-order valence-electron chi connectivity index (χ0n) is 21.4. The van der Waals surface area contributed by atoms with Crippen LogP contribution in [0.15, 0.2) is 35.4 Å². The molecule has 0 bridgehead atoms. The van der Waals surface area contributed by atoms with Crippen LogP contribution in [-0.4, -0.2) is 74.3 Å². The fourth-order valence-electron chi connectivity index (χ4n) is 3.85. The topological polar surface area (TPSA) is 82.7 Å². The van der Waals surface area contributed by atoms with Crippen molar-refractivity contribution in [1.29, 1.82) is 0 Å². The summed E-state index contributed by atoms with van der Waals surface area (Å²) in [4.78, 5) is 24.0. The largest absolute Gasteiger partial charge is 0.493 e. The van der Waals surface area contributed by atoms with Crippen LogP contribution in [0.5, 0.6) is 11.5 Å². The van der Waals surface area contributed by atoms with E-state index in [-0.39, 0.29) is 5.56 Å². The zero-order valence-corrected chi connectivity index (χ0v) is 22.9. The molecule has 1 aromatic carbocycles. The highest BCUT2D eigenvalue weighted by Gasteiger charge is 2.16. The van der Waals surface area contributed by atoms with Gasteiger partial charge in [0, 0.05) is 36.9 Å². The second kappa shape index (κ2) is 13.7. The van der Waals surface area contributed by atoms with E-state index < -0.39 is 0 Å². The van der Waals surface area contributed by atoms with E-state index in [0.717, 1.165) is 50.7 Å². The van der Waals surface area contributed by atoms with Gasteiger partial charge in [0.15, 0.2) is 11.5 Å². The van der Waals surface area contributed by atoms with Gasteiger partial charge >= 0.3 is 0 Å². The Morgan fingerprint density at radius 3 is 2.42 bits per heavy atom. The average molecular weight is 537 g/mol. The number of aromatic amines is 1. The maximum Gasteiger partial charge on any atom is 0.250 e. The minimum Gasteiger partial charge on any atom is -0.493 e. The molecule has 0 aliphatic carbocycles. The molecule has 0 saturated carbocycles. The summed E-state index contributed by atoms with van der Waals surface area (Å²) in [6, 6.07) is 5.14. The van der Waals surface area contributed by atoms with Crippen LogP contribution in [0.2, 0.25) is 10.0 Å². The zero-order chi connectivity index (χ0) is 26.1. The van der Waals surface area contributed by atoms with Crippen LogP contribution in [0, 0.1) is 0 Å². The minimum atomic E-state index is -0.289. The van der Waals surface area contributed by atoms with Crippen molar-refractivity contribution < 1.29 is 9.47 Å². The highest BCUT2D eigenvalue weighted by Crippen LogP contribution is 2.39. The predicted octanol–water partition coefficient (Wildman–Crippen LogP) is 5.41. The molecule has 3 aromatic rings. The van der Waals surface area contributed by atoms with Gasteiger partial charge in [-0.3, -0.25) is 9.78 Å². The van der Waals surface area contributed by atoms with Gasteiger partial charge in [0.1, 0.15) is 0 Å². The normalized spacial score (nSPS) is 11.4. The third-order valence-electron chi connectivity index (χ3n) is 5.88. The Balaban J connectivity index is 1.66. The number of fused-ring (bicyclic) bond motifs is 1. The maximum atomic E-state index is 12.5. The van der Waals surface area contributed by atoms with Crippen molar-refractivity contribution in [2.45, 2.75) is 25.7 Å². The summed E-state index contributed by atoms with van der Waals surface area (Å²) >= 11 is 12.5. The van der Waals surface area contributed by atoms with Crippen molar-refractivity contribution in [2.24, 2.45) is 0 Å². The molecular formula is C26H35Cl2N5O3. The van der Waals surface area contributed by atoms with Crippen molar-refractivity contribution in [2.75, 3.05) is 59.8 Å². The highest BCUT2D eigenvalue weighted by molar-refractivity contribution is 6.39. The Kier molecular flexibility index (Phi) is 10.7. The van der Waals surface area contributed by atoms with E-state index in [1.165, 1.54) is 18.5 Å². The van der Waals surface area contributed by atoms with Crippen molar-refractivity contribution >= 4 is 45.5 Å². The number of hydrogen-bond acceptors (Lipinski definition) is 7. The molecule has 0 spiro atoms. The van der Waals surface area contributed by atoms with Gasteiger partial charge in [-0.15, -0.1) is 0 Å². The van der Waals surface area contributed by atoms with Gasteiger partial charge in [0.2, 0.25) is 0 Å². The number of likely N-dealkylation sites (N-methyl/N-ethyl adjacent to an activating group) is 2. The molecule has 2 aromatic heterocycles. The number of pyridine rings is 2. The summed E-state index contributed by atoms with van der Waals surface area (Å²) in [6.45, 7) is 3.76. The Morgan fingerprint density at radius 1 is 1.00 bits per heavy atom. The fourth-order valence-corrected chi connectivity index (χ4v) is 4.31. The van der Waals surface area contributed by atoms with Gasteiger partial charge in [-0.1, -0.05) is 36.0 Å². The number of ether oxygens (including phenoxy) is 2. The van der Waals surface area contributed by atoms with E-state index >= 15 is 0 Å². The molecule has 0 amide bonds. The molecular weight excluding hydrogens is 501 g/mol. The van der Waals surface area contributed by atoms with E-state index in [9.17, 15) is 4.79 Å². The molecule has 0 unspecified atom stereocenters. The number of nitrogens with one attached hydrogen (secondary N) is 2. The van der Waals surface area contributed by atoms with Gasteiger partial charge in [0.05, 0.1) is 40.7 Å². The molecule has 8 nitrogen and oxygen atoms in total. The maximum absolute atomic E-state index is 12.5. The number of hydrogen-bond donors (Lipinski definition) is 2. The molecule has 2 N–H and O–H groups in total. The van der Waals surface area contributed by atoms with Crippen LogP contribution in [0.25, 0.3) is 10.9 Å². The van der Waals surface area contributed by atoms with Crippen LogP contribution in [0.1, 0.15) is 25.7 Å². The number of nitrogens with zero attached hydrogens (tertiary/aromatic N) is 3. The Bertz CT molecular complexity index is 1180. The van der Waals surface area contributed by atoms with E-state index in [1.807, 2.05) is 12.1 Å². The average Bonchev–Trinajstić information content (AvgIpc) is 2.84. The summed E-state index contributed by atoms with van der Waals surface area (Å²) in [7, 11) is 7.94. The summed E-state index contributed by atoms with van der Waals surface area (Å²) < 4.78 is 11.7. The van der Waals surface area contributed by atoms with E-state index in [0.29, 0.717) is 45.0 Å². The fraction of sp³-hybridized carbons (Fsp3) is 0.462. The molecule has 0 atom stereocenters. The number of anilines is 2. The second-order valence-electron chi connectivity index (χ2n) is 9.04. The number of benzene rings is 1. The summed E-state index contributed by atoms with van der Waals surface area (Å²) in [5.74, 6) is 1.06.